The van der Waals surface area contributed by atoms with Crippen LogP contribution in [0.3, 0.4) is 0 Å². The van der Waals surface area contributed by atoms with Gasteiger partial charge in [-0.3, -0.25) is 4.79 Å². The number of rotatable bonds is 3. The predicted molar refractivity (Wildman–Crippen MR) is 62.3 cm³/mol. The average Bonchev–Trinajstić information content (AvgIpc) is 2.29. The summed E-state index contributed by atoms with van der Waals surface area (Å²) >= 11 is 0. The zero-order valence-electron chi connectivity index (χ0n) is 9.57. The minimum absolute atomic E-state index is 0.0381. The van der Waals surface area contributed by atoms with Gasteiger partial charge < -0.3 is 15.2 Å². The van der Waals surface area contributed by atoms with E-state index in [1.165, 1.54) is 21.1 Å². The minimum Gasteiger partial charge on any atom is -0.512 e. The number of methoxy groups -OCH3 is 1. The molecule has 1 aromatic rings. The fourth-order valence-corrected chi connectivity index (χ4v) is 1.46. The van der Waals surface area contributed by atoms with E-state index < -0.39 is 0 Å². The van der Waals surface area contributed by atoms with E-state index in [-0.39, 0.29) is 17.2 Å². The largest absolute Gasteiger partial charge is 0.512 e. The van der Waals surface area contributed by atoms with Crippen LogP contribution in [0.15, 0.2) is 30.0 Å². The van der Waals surface area contributed by atoms with Crippen LogP contribution in [0.25, 0.3) is 5.57 Å². The van der Waals surface area contributed by atoms with Crippen molar-refractivity contribution in [3.8, 4) is 5.75 Å². The van der Waals surface area contributed by atoms with E-state index in [0.717, 1.165) is 0 Å². The van der Waals surface area contributed by atoms with E-state index in [1.54, 1.807) is 24.3 Å². The number of para-hydroxylation sites is 1. The quantitative estimate of drug-likeness (QED) is 0.603. The molecule has 86 valence electrons. The molecule has 0 spiro atoms. The molecular formula is C12H15NO3. The van der Waals surface area contributed by atoms with Crippen molar-refractivity contribution < 1.29 is 14.6 Å². The Balaban J connectivity index is 3.34. The fraction of sp³-hybridized carbons (Fsp3) is 0.250. The standard InChI is InChI=1S/C12H15NO3/c1-8(14)11(12(15)13-2)9-6-4-5-7-10(9)16-3/h4-7,14H,1-3H3,(H,13,15)/b11-8-. The molecule has 2 N–H and O–H groups in total. The monoisotopic (exact) mass is 221 g/mol. The van der Waals surface area contributed by atoms with E-state index in [2.05, 4.69) is 5.32 Å². The van der Waals surface area contributed by atoms with Crippen LogP contribution >= 0.6 is 0 Å². The molecule has 16 heavy (non-hydrogen) atoms. The molecule has 0 aliphatic carbocycles. The van der Waals surface area contributed by atoms with Crippen LogP contribution in [0.2, 0.25) is 0 Å². The molecule has 4 heteroatoms. The number of hydrogen-bond acceptors (Lipinski definition) is 3. The van der Waals surface area contributed by atoms with Gasteiger partial charge in [0.05, 0.1) is 12.7 Å². The van der Waals surface area contributed by atoms with E-state index >= 15 is 0 Å². The van der Waals surface area contributed by atoms with E-state index in [9.17, 15) is 9.90 Å². The lowest BCUT2D eigenvalue weighted by Crippen LogP contribution is -2.20. The smallest absolute Gasteiger partial charge is 0.255 e. The molecule has 0 saturated carbocycles. The Hall–Kier alpha value is -1.97. The van der Waals surface area contributed by atoms with Crippen LogP contribution in [0.5, 0.6) is 5.75 Å². The molecule has 0 radical (unpaired) electrons. The summed E-state index contributed by atoms with van der Waals surface area (Å²) in [6.45, 7) is 1.47. The van der Waals surface area contributed by atoms with Gasteiger partial charge in [-0.2, -0.15) is 0 Å². The number of nitrogens with one attached hydrogen (secondary N) is 1. The Labute approximate surface area is 94.6 Å². The maximum Gasteiger partial charge on any atom is 0.255 e. The Morgan fingerprint density at radius 3 is 2.50 bits per heavy atom. The van der Waals surface area contributed by atoms with Crippen LogP contribution in [-0.2, 0) is 4.79 Å². The molecule has 1 rings (SSSR count). The number of allylic oxidation sites excluding steroid dienone is 1. The van der Waals surface area contributed by atoms with Gasteiger partial charge in [-0.25, -0.2) is 0 Å². The van der Waals surface area contributed by atoms with Crippen molar-refractivity contribution in [3.63, 3.8) is 0 Å². The van der Waals surface area contributed by atoms with Gasteiger partial charge in [-0.1, -0.05) is 18.2 Å². The molecule has 1 aromatic carbocycles. The third-order valence-corrected chi connectivity index (χ3v) is 2.19. The second-order valence-electron chi connectivity index (χ2n) is 3.24. The van der Waals surface area contributed by atoms with Crippen molar-refractivity contribution in [1.29, 1.82) is 0 Å². The number of carbonyl (C=O) groups excluding carboxylic acids is 1. The van der Waals surface area contributed by atoms with E-state index in [0.29, 0.717) is 11.3 Å². The average molecular weight is 221 g/mol. The molecule has 0 heterocycles. The second kappa shape index (κ2) is 5.21. The normalized spacial score (nSPS) is 11.7. The molecule has 0 atom stereocenters. The molecule has 0 fully saturated rings. The van der Waals surface area contributed by atoms with Crippen LogP contribution in [0, 0.1) is 0 Å². The summed E-state index contributed by atoms with van der Waals surface area (Å²) in [6, 6.07) is 7.05. The molecule has 0 aliphatic rings. The summed E-state index contributed by atoms with van der Waals surface area (Å²) in [4.78, 5) is 11.6. The Morgan fingerprint density at radius 2 is 2.00 bits per heavy atom. The van der Waals surface area contributed by atoms with Crippen molar-refractivity contribution >= 4 is 11.5 Å². The van der Waals surface area contributed by atoms with E-state index in [4.69, 9.17) is 4.74 Å². The lowest BCUT2D eigenvalue weighted by Gasteiger charge is -2.11. The van der Waals surface area contributed by atoms with Crippen LogP contribution in [0.1, 0.15) is 12.5 Å². The number of likely N-dealkylation sites (N-methyl/N-ethyl adjacent to an activating group) is 1. The number of benzene rings is 1. The maximum absolute atomic E-state index is 11.6. The first-order valence-electron chi connectivity index (χ1n) is 4.87. The predicted octanol–water partition coefficient (Wildman–Crippen LogP) is 1.73. The zero-order valence-corrected chi connectivity index (χ0v) is 9.57. The van der Waals surface area contributed by atoms with Crippen LogP contribution in [-0.4, -0.2) is 25.2 Å². The first kappa shape index (κ1) is 12.1. The summed E-state index contributed by atoms with van der Waals surface area (Å²) in [6.07, 6.45) is 0. The number of aliphatic hydroxyl groups is 1. The highest BCUT2D eigenvalue weighted by Crippen LogP contribution is 2.27. The summed E-state index contributed by atoms with van der Waals surface area (Å²) in [5.41, 5.74) is 0.796. The maximum atomic E-state index is 11.6. The summed E-state index contributed by atoms with van der Waals surface area (Å²) in [5, 5.41) is 12.0. The lowest BCUT2D eigenvalue weighted by atomic mass is 10.0. The highest BCUT2D eigenvalue weighted by molar-refractivity contribution is 6.20. The van der Waals surface area contributed by atoms with Crippen LogP contribution in [0.4, 0.5) is 0 Å². The second-order valence-corrected chi connectivity index (χ2v) is 3.24. The summed E-state index contributed by atoms with van der Waals surface area (Å²) < 4.78 is 5.15. The van der Waals surface area contributed by atoms with Gasteiger partial charge in [0, 0.05) is 12.6 Å². The van der Waals surface area contributed by atoms with Crippen molar-refractivity contribution in [2.24, 2.45) is 0 Å². The number of amides is 1. The first-order valence-corrected chi connectivity index (χ1v) is 4.87. The lowest BCUT2D eigenvalue weighted by molar-refractivity contribution is -0.115. The van der Waals surface area contributed by atoms with Gasteiger partial charge in [0.1, 0.15) is 11.5 Å². The molecule has 0 saturated heterocycles. The highest BCUT2D eigenvalue weighted by Gasteiger charge is 2.17. The number of ether oxygens (including phenoxy) is 1. The Bertz CT molecular complexity index is 420. The Kier molecular flexibility index (Phi) is 3.94. The Morgan fingerprint density at radius 1 is 1.38 bits per heavy atom. The van der Waals surface area contributed by atoms with Crippen molar-refractivity contribution in [3.05, 3.63) is 35.6 Å². The molecular weight excluding hydrogens is 206 g/mol. The van der Waals surface area contributed by atoms with E-state index in [1.807, 2.05) is 0 Å². The first-order chi connectivity index (χ1) is 7.61. The molecule has 0 unspecified atom stereocenters. The van der Waals surface area contributed by atoms with Gasteiger partial charge >= 0.3 is 0 Å². The summed E-state index contributed by atoms with van der Waals surface area (Å²) in [7, 11) is 3.04. The number of carbonyl (C=O) groups is 1. The third-order valence-electron chi connectivity index (χ3n) is 2.19. The molecule has 0 aliphatic heterocycles. The minimum atomic E-state index is -0.343. The molecule has 0 aromatic heterocycles. The van der Waals surface area contributed by atoms with Crippen LogP contribution < -0.4 is 10.1 Å². The van der Waals surface area contributed by atoms with Gasteiger partial charge in [0.2, 0.25) is 0 Å². The fourth-order valence-electron chi connectivity index (χ4n) is 1.46. The highest BCUT2D eigenvalue weighted by atomic mass is 16.5. The summed E-state index contributed by atoms with van der Waals surface area (Å²) in [5.74, 6) is 0.169. The number of hydrogen-bond donors (Lipinski definition) is 2. The number of aliphatic hydroxyl groups excluding tert-OH is 1. The molecule has 0 bridgehead atoms. The van der Waals surface area contributed by atoms with Gasteiger partial charge in [0.25, 0.3) is 5.91 Å². The van der Waals surface area contributed by atoms with Crippen molar-refractivity contribution in [2.45, 2.75) is 6.92 Å². The zero-order chi connectivity index (χ0) is 12.1. The van der Waals surface area contributed by atoms with Gasteiger partial charge in [0.15, 0.2) is 0 Å². The topological polar surface area (TPSA) is 58.6 Å². The van der Waals surface area contributed by atoms with Gasteiger partial charge in [-0.05, 0) is 13.0 Å². The van der Waals surface area contributed by atoms with Crippen molar-refractivity contribution in [1.82, 2.24) is 5.32 Å². The van der Waals surface area contributed by atoms with Crippen molar-refractivity contribution in [2.75, 3.05) is 14.2 Å². The van der Waals surface area contributed by atoms with Gasteiger partial charge in [-0.15, -0.1) is 0 Å². The third kappa shape index (κ3) is 2.34. The molecule has 1 amide bonds. The molecule has 4 nitrogen and oxygen atoms in total. The SMILES string of the molecule is CNC(=O)/C(=C(/C)O)c1ccccc1OC.